The molecule has 154 valence electrons. The number of rotatable bonds is 10. The van der Waals surface area contributed by atoms with Gasteiger partial charge in [0.1, 0.15) is 12.3 Å². The molecule has 0 aliphatic rings. The molecule has 0 bridgehead atoms. The minimum absolute atomic E-state index is 0.112. The number of hydrogen-bond acceptors (Lipinski definition) is 3. The maximum atomic E-state index is 12.7. The zero-order valence-corrected chi connectivity index (χ0v) is 17.5. The van der Waals surface area contributed by atoms with Crippen LogP contribution in [0.3, 0.4) is 0 Å². The lowest BCUT2D eigenvalue weighted by Crippen LogP contribution is -2.52. The van der Waals surface area contributed by atoms with Gasteiger partial charge in [-0.3, -0.25) is 9.59 Å². The van der Waals surface area contributed by atoms with Gasteiger partial charge >= 0.3 is 0 Å². The van der Waals surface area contributed by atoms with E-state index in [0.717, 1.165) is 17.4 Å². The summed E-state index contributed by atoms with van der Waals surface area (Å²) < 4.78 is 0. The molecule has 0 aliphatic heterocycles. The summed E-state index contributed by atoms with van der Waals surface area (Å²) in [5.74, 6) is -0.675. The lowest BCUT2D eigenvalue weighted by atomic mass is 10.0. The van der Waals surface area contributed by atoms with Crippen molar-refractivity contribution in [1.29, 1.82) is 0 Å². The van der Waals surface area contributed by atoms with Crippen molar-refractivity contribution in [3.8, 4) is 0 Å². The first-order valence-corrected chi connectivity index (χ1v) is 10.1. The van der Waals surface area contributed by atoms with Crippen LogP contribution in [0.15, 0.2) is 54.6 Å². The Labute approximate surface area is 176 Å². The highest BCUT2D eigenvalue weighted by atomic mass is 35.5. The molecule has 2 rings (SSSR count). The van der Waals surface area contributed by atoms with Crippen molar-refractivity contribution in [3.63, 3.8) is 0 Å². The summed E-state index contributed by atoms with van der Waals surface area (Å²) in [6, 6.07) is 15.4. The maximum Gasteiger partial charge on any atom is 0.243 e. The van der Waals surface area contributed by atoms with Gasteiger partial charge in [-0.05, 0) is 42.0 Å². The number of carbonyl (C=O) groups is 3. The standard InChI is InChI=1S/C23H27ClN2O3/c1-16(2)22(26-21(28)13-10-17-8-11-19(24)12-9-17)23(29)25-20(15-27)14-18-6-4-3-5-7-18/h3-9,11-12,15-16,20,22H,10,13-14H2,1-2H3,(H,25,29)(H,26,28)/t20?,22-/m0/s1. The van der Waals surface area contributed by atoms with Crippen molar-refractivity contribution in [1.82, 2.24) is 10.6 Å². The second-order valence-electron chi connectivity index (χ2n) is 7.36. The molecule has 6 heteroatoms. The third kappa shape index (κ3) is 7.70. The average Bonchev–Trinajstić information content (AvgIpc) is 2.71. The topological polar surface area (TPSA) is 75.3 Å². The molecule has 0 saturated carbocycles. The second kappa shape index (κ2) is 11.4. The van der Waals surface area contributed by atoms with Crippen LogP contribution in [0.4, 0.5) is 0 Å². The van der Waals surface area contributed by atoms with Gasteiger partial charge in [0.05, 0.1) is 6.04 Å². The molecule has 2 N–H and O–H groups in total. The van der Waals surface area contributed by atoms with E-state index in [1.54, 1.807) is 12.1 Å². The van der Waals surface area contributed by atoms with Crippen molar-refractivity contribution in [2.24, 2.45) is 5.92 Å². The molecule has 0 spiro atoms. The smallest absolute Gasteiger partial charge is 0.243 e. The molecule has 1 unspecified atom stereocenters. The van der Waals surface area contributed by atoms with E-state index < -0.39 is 12.1 Å². The van der Waals surface area contributed by atoms with Crippen LogP contribution in [0, 0.1) is 5.92 Å². The summed E-state index contributed by atoms with van der Waals surface area (Å²) in [5.41, 5.74) is 1.96. The first-order chi connectivity index (χ1) is 13.9. The zero-order chi connectivity index (χ0) is 21.2. The first kappa shape index (κ1) is 22.6. The van der Waals surface area contributed by atoms with E-state index >= 15 is 0 Å². The van der Waals surface area contributed by atoms with Gasteiger partial charge in [0.2, 0.25) is 11.8 Å². The molecule has 5 nitrogen and oxygen atoms in total. The quantitative estimate of drug-likeness (QED) is 0.585. The van der Waals surface area contributed by atoms with Crippen LogP contribution >= 0.6 is 11.6 Å². The Kier molecular flexibility index (Phi) is 8.87. The number of benzene rings is 2. The van der Waals surface area contributed by atoms with E-state index in [-0.39, 0.29) is 24.2 Å². The molecule has 0 heterocycles. The number of nitrogens with one attached hydrogen (secondary N) is 2. The molecule has 2 atom stereocenters. The summed E-state index contributed by atoms with van der Waals surface area (Å²) in [5, 5.41) is 6.19. The Bertz CT molecular complexity index is 807. The van der Waals surface area contributed by atoms with Crippen molar-refractivity contribution >= 4 is 29.7 Å². The fourth-order valence-corrected chi connectivity index (χ4v) is 3.09. The largest absolute Gasteiger partial charge is 0.344 e. The van der Waals surface area contributed by atoms with Crippen LogP contribution in [0.5, 0.6) is 0 Å². The molecule has 0 radical (unpaired) electrons. The third-order valence-corrected chi connectivity index (χ3v) is 4.86. The summed E-state index contributed by atoms with van der Waals surface area (Å²) in [7, 11) is 0. The van der Waals surface area contributed by atoms with Crippen molar-refractivity contribution < 1.29 is 14.4 Å². The highest BCUT2D eigenvalue weighted by Gasteiger charge is 2.26. The third-order valence-electron chi connectivity index (χ3n) is 4.61. The van der Waals surface area contributed by atoms with Crippen LogP contribution in [0.25, 0.3) is 0 Å². The molecule has 29 heavy (non-hydrogen) atoms. The van der Waals surface area contributed by atoms with E-state index in [2.05, 4.69) is 10.6 Å². The van der Waals surface area contributed by atoms with Crippen molar-refractivity contribution in [2.45, 2.75) is 45.2 Å². The van der Waals surface area contributed by atoms with Crippen LogP contribution in [-0.2, 0) is 27.2 Å². The van der Waals surface area contributed by atoms with E-state index in [1.807, 2.05) is 56.3 Å². The molecule has 2 aromatic carbocycles. The lowest BCUT2D eigenvalue weighted by Gasteiger charge is -2.23. The highest BCUT2D eigenvalue weighted by molar-refractivity contribution is 6.30. The molecule has 0 fully saturated rings. The molecule has 0 aliphatic carbocycles. The molecular weight excluding hydrogens is 388 g/mol. The van der Waals surface area contributed by atoms with Gasteiger partial charge in [0.25, 0.3) is 0 Å². The summed E-state index contributed by atoms with van der Waals surface area (Å²) >= 11 is 5.87. The van der Waals surface area contributed by atoms with Crippen LogP contribution in [-0.4, -0.2) is 30.2 Å². The Hall–Kier alpha value is -2.66. The average molecular weight is 415 g/mol. The highest BCUT2D eigenvalue weighted by Crippen LogP contribution is 2.11. The Morgan fingerprint density at radius 2 is 1.62 bits per heavy atom. The number of aryl methyl sites for hydroxylation is 1. The Morgan fingerprint density at radius 1 is 0.966 bits per heavy atom. The summed E-state index contributed by atoms with van der Waals surface area (Å²) in [6.45, 7) is 3.72. The van der Waals surface area contributed by atoms with Gasteiger partial charge < -0.3 is 15.4 Å². The monoisotopic (exact) mass is 414 g/mol. The Morgan fingerprint density at radius 3 is 2.21 bits per heavy atom. The van der Waals surface area contributed by atoms with E-state index in [0.29, 0.717) is 17.9 Å². The molecular formula is C23H27ClN2O3. The zero-order valence-electron chi connectivity index (χ0n) is 16.7. The van der Waals surface area contributed by atoms with Gasteiger partial charge in [0, 0.05) is 11.4 Å². The fourth-order valence-electron chi connectivity index (χ4n) is 2.96. The first-order valence-electron chi connectivity index (χ1n) is 9.72. The van der Waals surface area contributed by atoms with Gasteiger partial charge in [-0.2, -0.15) is 0 Å². The second-order valence-corrected chi connectivity index (χ2v) is 7.79. The van der Waals surface area contributed by atoms with E-state index in [9.17, 15) is 14.4 Å². The molecule has 0 aromatic heterocycles. The van der Waals surface area contributed by atoms with Gasteiger partial charge in [-0.25, -0.2) is 0 Å². The summed E-state index contributed by atoms with van der Waals surface area (Å²) in [6.07, 6.45) is 1.95. The number of aldehydes is 1. The van der Waals surface area contributed by atoms with Gasteiger partial charge in [0.15, 0.2) is 0 Å². The lowest BCUT2D eigenvalue weighted by molar-refractivity contribution is -0.131. The normalized spacial score (nSPS) is 12.8. The minimum Gasteiger partial charge on any atom is -0.344 e. The summed E-state index contributed by atoms with van der Waals surface area (Å²) in [4.78, 5) is 36.5. The van der Waals surface area contributed by atoms with Gasteiger partial charge in [-0.15, -0.1) is 0 Å². The van der Waals surface area contributed by atoms with Gasteiger partial charge in [-0.1, -0.05) is 67.9 Å². The predicted octanol–water partition coefficient (Wildman–Crippen LogP) is 3.34. The van der Waals surface area contributed by atoms with E-state index in [4.69, 9.17) is 11.6 Å². The predicted molar refractivity (Wildman–Crippen MR) is 115 cm³/mol. The maximum absolute atomic E-state index is 12.7. The number of hydrogen-bond donors (Lipinski definition) is 2. The number of halogens is 1. The van der Waals surface area contributed by atoms with Crippen molar-refractivity contribution in [3.05, 3.63) is 70.7 Å². The Balaban J connectivity index is 1.90. The number of amides is 2. The SMILES string of the molecule is CC(C)[C@H](NC(=O)CCc1ccc(Cl)cc1)C(=O)NC(C=O)Cc1ccccc1. The fraction of sp³-hybridized carbons (Fsp3) is 0.348. The van der Waals surface area contributed by atoms with Crippen LogP contribution in [0.1, 0.15) is 31.4 Å². The molecule has 0 saturated heterocycles. The molecule has 2 aromatic rings. The molecule has 2 amide bonds. The number of carbonyl (C=O) groups excluding carboxylic acids is 3. The van der Waals surface area contributed by atoms with Crippen LogP contribution in [0.2, 0.25) is 5.02 Å². The van der Waals surface area contributed by atoms with E-state index in [1.165, 1.54) is 0 Å². The van der Waals surface area contributed by atoms with Crippen molar-refractivity contribution in [2.75, 3.05) is 0 Å². The van der Waals surface area contributed by atoms with Crippen LogP contribution < -0.4 is 10.6 Å². The minimum atomic E-state index is -0.703.